The molecule has 0 fully saturated rings. The first-order chi connectivity index (χ1) is 16.9. The van der Waals surface area contributed by atoms with E-state index in [1.807, 2.05) is 6.92 Å². The lowest BCUT2D eigenvalue weighted by atomic mass is 10.1. The molecule has 1 aromatic carbocycles. The summed E-state index contributed by atoms with van der Waals surface area (Å²) < 4.78 is 43.5. The van der Waals surface area contributed by atoms with Crippen LogP contribution in [0.3, 0.4) is 0 Å². The number of ether oxygens (including phenoxy) is 2. The van der Waals surface area contributed by atoms with Gasteiger partial charge in [0.15, 0.2) is 0 Å². The number of carbonyl (C=O) groups is 2. The number of aryl methyl sites for hydroxylation is 1. The maximum absolute atomic E-state index is 13.5. The van der Waals surface area contributed by atoms with Crippen LogP contribution in [0.4, 0.5) is 4.79 Å². The largest absolute Gasteiger partial charge is 0.471 e. The lowest BCUT2D eigenvalue weighted by Crippen LogP contribution is -2.42. The highest BCUT2D eigenvalue weighted by Gasteiger charge is 2.39. The molecule has 0 unspecified atom stereocenters. The molecule has 0 bridgehead atoms. The van der Waals surface area contributed by atoms with Gasteiger partial charge < -0.3 is 13.9 Å². The summed E-state index contributed by atoms with van der Waals surface area (Å²) in [6.07, 6.45) is 3.77. The van der Waals surface area contributed by atoms with Crippen LogP contribution in [0.5, 0.6) is 0 Å². The van der Waals surface area contributed by atoms with Gasteiger partial charge in [0.1, 0.15) is 17.9 Å². The zero-order chi connectivity index (χ0) is 26.5. The molecule has 0 N–H and O–H groups in total. The van der Waals surface area contributed by atoms with E-state index in [-0.39, 0.29) is 24.4 Å². The second-order valence-corrected chi connectivity index (χ2v) is 11.3. The molecular weight excluding hydrogens is 484 g/mol. The van der Waals surface area contributed by atoms with Crippen molar-refractivity contribution in [3.63, 3.8) is 0 Å². The van der Waals surface area contributed by atoms with Gasteiger partial charge in [0.05, 0.1) is 30.4 Å². The van der Waals surface area contributed by atoms with Crippen LogP contribution in [0, 0.1) is 18.8 Å². The summed E-state index contributed by atoms with van der Waals surface area (Å²) in [5.74, 6) is 5.12. The standard InChI is InChI=1S/C26H30N2O7S/c1-19-8-10-22(11-9-19)36(31,32)27(13-6-7-20-12-14-34-18-20)16-21-15-23(24(29)33-5)28(17-21)25(30)35-26(2,3)4/h8-12,14,17-18,23H,13,15-16H2,1-5H3/t23-/m0/s1. The molecule has 1 amide bonds. The lowest BCUT2D eigenvalue weighted by molar-refractivity contribution is -0.145. The van der Waals surface area contributed by atoms with E-state index >= 15 is 0 Å². The van der Waals surface area contributed by atoms with E-state index in [0.29, 0.717) is 11.1 Å². The highest BCUT2D eigenvalue weighted by Crippen LogP contribution is 2.27. The second-order valence-electron chi connectivity index (χ2n) is 9.32. The van der Waals surface area contributed by atoms with Gasteiger partial charge in [0.25, 0.3) is 0 Å². The average molecular weight is 515 g/mol. The minimum Gasteiger partial charge on any atom is -0.471 e. The van der Waals surface area contributed by atoms with Gasteiger partial charge in [0, 0.05) is 19.2 Å². The summed E-state index contributed by atoms with van der Waals surface area (Å²) >= 11 is 0. The molecule has 1 aromatic heterocycles. The molecule has 3 rings (SSSR count). The van der Waals surface area contributed by atoms with Crippen molar-refractivity contribution in [1.29, 1.82) is 0 Å². The van der Waals surface area contributed by atoms with Gasteiger partial charge >= 0.3 is 12.1 Å². The predicted molar refractivity (Wildman–Crippen MR) is 132 cm³/mol. The van der Waals surface area contributed by atoms with Crippen molar-refractivity contribution in [3.05, 3.63) is 65.8 Å². The van der Waals surface area contributed by atoms with Crippen molar-refractivity contribution >= 4 is 22.1 Å². The Kier molecular flexibility index (Phi) is 8.28. The van der Waals surface area contributed by atoms with Crippen molar-refractivity contribution in [3.8, 4) is 11.8 Å². The molecule has 0 aliphatic carbocycles. The maximum Gasteiger partial charge on any atom is 0.415 e. The summed E-state index contributed by atoms with van der Waals surface area (Å²) in [6, 6.07) is 7.22. The van der Waals surface area contributed by atoms with Crippen molar-refractivity contribution in [2.24, 2.45) is 0 Å². The van der Waals surface area contributed by atoms with E-state index in [0.717, 1.165) is 10.5 Å². The fourth-order valence-corrected chi connectivity index (χ4v) is 4.84. The van der Waals surface area contributed by atoms with Gasteiger partial charge in [-0.15, -0.1) is 0 Å². The molecular formula is C26H30N2O7S. The second kappa shape index (κ2) is 11.0. The zero-order valence-electron chi connectivity index (χ0n) is 21.0. The average Bonchev–Trinajstić information content (AvgIpc) is 3.47. The SMILES string of the molecule is COC(=O)[C@@H]1CC(CN(CC#Cc2ccoc2)S(=O)(=O)c2ccc(C)cc2)=CN1C(=O)OC(C)(C)C. The Hall–Kier alpha value is -3.55. The molecule has 0 spiro atoms. The molecule has 0 saturated carbocycles. The van der Waals surface area contributed by atoms with Crippen LogP contribution in [0.1, 0.15) is 38.3 Å². The fourth-order valence-electron chi connectivity index (χ4n) is 3.50. The molecule has 9 nitrogen and oxygen atoms in total. The molecule has 192 valence electrons. The van der Waals surface area contributed by atoms with Crippen LogP contribution >= 0.6 is 0 Å². The van der Waals surface area contributed by atoms with Crippen LogP contribution in [0.2, 0.25) is 0 Å². The van der Waals surface area contributed by atoms with E-state index in [1.165, 1.54) is 42.3 Å². The Labute approximate surface area is 211 Å². The van der Waals surface area contributed by atoms with Crippen LogP contribution in [-0.4, -0.2) is 61.5 Å². The third-order valence-corrected chi connectivity index (χ3v) is 7.04. The number of amides is 1. The third kappa shape index (κ3) is 6.77. The Morgan fingerprint density at radius 1 is 1.19 bits per heavy atom. The van der Waals surface area contributed by atoms with Gasteiger partial charge in [-0.25, -0.2) is 18.0 Å². The molecule has 0 radical (unpaired) electrons. The van der Waals surface area contributed by atoms with Crippen molar-refractivity contribution < 1.29 is 31.9 Å². The van der Waals surface area contributed by atoms with Gasteiger partial charge in [-0.05, 0) is 51.5 Å². The van der Waals surface area contributed by atoms with E-state index in [9.17, 15) is 18.0 Å². The normalized spacial score (nSPS) is 15.8. The van der Waals surface area contributed by atoms with Crippen LogP contribution in [0.25, 0.3) is 0 Å². The molecule has 1 aliphatic heterocycles. The summed E-state index contributed by atoms with van der Waals surface area (Å²) in [6.45, 7) is 6.82. The third-order valence-electron chi connectivity index (χ3n) is 5.24. The number of methoxy groups -OCH3 is 1. The van der Waals surface area contributed by atoms with Crippen molar-refractivity contribution in [2.75, 3.05) is 20.2 Å². The number of hydrogen-bond donors (Lipinski definition) is 0. The van der Waals surface area contributed by atoms with Crippen molar-refractivity contribution in [2.45, 2.75) is 50.7 Å². The van der Waals surface area contributed by atoms with E-state index in [1.54, 1.807) is 39.0 Å². The lowest BCUT2D eigenvalue weighted by Gasteiger charge is -2.26. The molecule has 10 heteroatoms. The van der Waals surface area contributed by atoms with Gasteiger partial charge in [-0.1, -0.05) is 29.5 Å². The summed E-state index contributed by atoms with van der Waals surface area (Å²) in [7, 11) is -2.71. The molecule has 36 heavy (non-hydrogen) atoms. The molecule has 2 aromatic rings. The number of rotatable bonds is 6. The first-order valence-electron chi connectivity index (χ1n) is 11.3. The van der Waals surface area contributed by atoms with Crippen LogP contribution < -0.4 is 0 Å². The summed E-state index contributed by atoms with van der Waals surface area (Å²) in [5, 5.41) is 0. The first-order valence-corrected chi connectivity index (χ1v) is 12.7. The molecule has 1 atom stereocenters. The van der Waals surface area contributed by atoms with Crippen LogP contribution in [-0.2, 0) is 24.3 Å². The Bertz CT molecular complexity index is 1280. The number of benzene rings is 1. The Balaban J connectivity index is 1.92. The Morgan fingerprint density at radius 3 is 2.47 bits per heavy atom. The quantitative estimate of drug-likeness (QED) is 0.427. The van der Waals surface area contributed by atoms with Gasteiger partial charge in [0.2, 0.25) is 10.0 Å². The monoisotopic (exact) mass is 514 g/mol. The van der Waals surface area contributed by atoms with Crippen molar-refractivity contribution in [1.82, 2.24) is 9.21 Å². The summed E-state index contributed by atoms with van der Waals surface area (Å²) in [5.41, 5.74) is 1.30. The maximum atomic E-state index is 13.5. The summed E-state index contributed by atoms with van der Waals surface area (Å²) in [4.78, 5) is 26.4. The number of nitrogens with zero attached hydrogens (tertiary/aromatic N) is 2. The minimum absolute atomic E-state index is 0.0803. The zero-order valence-corrected chi connectivity index (χ0v) is 21.8. The van der Waals surface area contributed by atoms with Crippen LogP contribution in [0.15, 0.2) is 63.9 Å². The number of hydrogen-bond acceptors (Lipinski definition) is 7. The predicted octanol–water partition coefficient (Wildman–Crippen LogP) is 3.70. The smallest absolute Gasteiger partial charge is 0.415 e. The van der Waals surface area contributed by atoms with E-state index in [4.69, 9.17) is 13.9 Å². The highest BCUT2D eigenvalue weighted by molar-refractivity contribution is 7.89. The van der Waals surface area contributed by atoms with Gasteiger partial charge in [-0.2, -0.15) is 4.31 Å². The number of esters is 1. The fraction of sp³-hybridized carbons (Fsp3) is 0.385. The number of sulfonamides is 1. The molecule has 1 aliphatic rings. The Morgan fingerprint density at radius 2 is 1.89 bits per heavy atom. The molecule has 0 saturated heterocycles. The van der Waals surface area contributed by atoms with Gasteiger partial charge in [-0.3, -0.25) is 4.90 Å². The highest BCUT2D eigenvalue weighted by atomic mass is 32.2. The van der Waals surface area contributed by atoms with E-state index in [2.05, 4.69) is 11.8 Å². The topological polar surface area (TPSA) is 106 Å². The number of carbonyl (C=O) groups excluding carboxylic acids is 2. The minimum atomic E-state index is -3.94. The number of furan rings is 1. The van der Waals surface area contributed by atoms with E-state index < -0.39 is 33.7 Å². The first kappa shape index (κ1) is 27.0. The molecule has 2 heterocycles.